The fraction of sp³-hybridized carbons (Fsp3) is 0.333. The lowest BCUT2D eigenvalue weighted by Gasteiger charge is -2.19. The fourth-order valence-electron chi connectivity index (χ4n) is 1.79. The van der Waals surface area contributed by atoms with Gasteiger partial charge < -0.3 is 9.42 Å². The molecule has 0 radical (unpaired) electrons. The molecule has 1 aromatic heterocycles. The number of rotatable bonds is 4. The lowest BCUT2D eigenvalue weighted by molar-refractivity contribution is 0.387. The smallest absolute Gasteiger partial charge is 0.223 e. The van der Waals surface area contributed by atoms with Crippen molar-refractivity contribution in [2.75, 3.05) is 18.2 Å². The second-order valence-electron chi connectivity index (χ2n) is 4.33. The van der Waals surface area contributed by atoms with E-state index in [1.54, 1.807) is 43.1 Å². The molecular weight excluding hydrogens is 266 g/mol. The minimum Gasteiger partial charge on any atom is -0.366 e. The van der Waals surface area contributed by atoms with Gasteiger partial charge in [0.15, 0.2) is 15.7 Å². The van der Waals surface area contributed by atoms with Gasteiger partial charge in [0.05, 0.1) is 17.1 Å². The average molecular weight is 281 g/mol. The van der Waals surface area contributed by atoms with Crippen molar-refractivity contribution in [3.05, 3.63) is 36.0 Å². The van der Waals surface area contributed by atoms with Gasteiger partial charge in [0.25, 0.3) is 0 Å². The van der Waals surface area contributed by atoms with Gasteiger partial charge in [-0.3, -0.25) is 0 Å². The number of para-hydroxylation sites is 1. The molecule has 2 aromatic rings. The van der Waals surface area contributed by atoms with E-state index in [4.69, 9.17) is 4.52 Å². The van der Waals surface area contributed by atoms with E-state index < -0.39 is 9.84 Å². The van der Waals surface area contributed by atoms with E-state index in [-0.39, 0.29) is 4.90 Å². The molecule has 0 saturated carbocycles. The van der Waals surface area contributed by atoms with E-state index in [0.717, 1.165) is 0 Å². The number of hydrogen-bond acceptors (Lipinski definition) is 6. The lowest BCUT2D eigenvalue weighted by atomic mass is 10.3. The summed E-state index contributed by atoms with van der Waals surface area (Å²) in [5.74, 6) is 1.00. The van der Waals surface area contributed by atoms with Crippen molar-refractivity contribution in [2.24, 2.45) is 0 Å². The highest BCUT2D eigenvalue weighted by Gasteiger charge is 2.16. The molecule has 19 heavy (non-hydrogen) atoms. The summed E-state index contributed by atoms with van der Waals surface area (Å²) in [7, 11) is -1.48. The van der Waals surface area contributed by atoms with Crippen LogP contribution in [0.15, 0.2) is 33.7 Å². The molecule has 2 rings (SSSR count). The highest BCUT2D eigenvalue weighted by Crippen LogP contribution is 2.24. The first-order chi connectivity index (χ1) is 8.88. The van der Waals surface area contributed by atoms with Crippen molar-refractivity contribution >= 4 is 15.5 Å². The van der Waals surface area contributed by atoms with E-state index in [0.29, 0.717) is 23.9 Å². The SMILES string of the molecule is Cc1nc(CN(C)c2ccccc2S(C)(=O)=O)no1. The van der Waals surface area contributed by atoms with Gasteiger partial charge in [-0.1, -0.05) is 17.3 Å². The standard InChI is InChI=1S/C12H15N3O3S/c1-9-13-12(14-18-9)8-15(2)10-6-4-5-7-11(10)19(3,16)17/h4-7H,8H2,1-3H3. The second-order valence-corrected chi connectivity index (χ2v) is 6.31. The monoisotopic (exact) mass is 281 g/mol. The van der Waals surface area contributed by atoms with Gasteiger partial charge >= 0.3 is 0 Å². The Labute approximate surface area is 112 Å². The van der Waals surface area contributed by atoms with Gasteiger partial charge in [-0.2, -0.15) is 4.98 Å². The first kappa shape index (κ1) is 13.5. The third-order valence-electron chi connectivity index (χ3n) is 2.62. The van der Waals surface area contributed by atoms with Crippen LogP contribution in [0.2, 0.25) is 0 Å². The Morgan fingerprint density at radius 1 is 1.32 bits per heavy atom. The molecule has 0 saturated heterocycles. The van der Waals surface area contributed by atoms with Crippen LogP contribution in [0, 0.1) is 6.92 Å². The van der Waals surface area contributed by atoms with E-state index in [9.17, 15) is 8.42 Å². The number of sulfone groups is 1. The maximum atomic E-state index is 11.7. The average Bonchev–Trinajstić information content (AvgIpc) is 2.73. The summed E-state index contributed by atoms with van der Waals surface area (Å²) in [5.41, 5.74) is 0.618. The van der Waals surface area contributed by atoms with Crippen molar-refractivity contribution in [1.82, 2.24) is 10.1 Å². The summed E-state index contributed by atoms with van der Waals surface area (Å²) < 4.78 is 28.4. The van der Waals surface area contributed by atoms with E-state index in [1.807, 2.05) is 0 Å². The lowest BCUT2D eigenvalue weighted by Crippen LogP contribution is -2.19. The number of hydrogen-bond donors (Lipinski definition) is 0. The van der Waals surface area contributed by atoms with Crippen molar-refractivity contribution in [3.8, 4) is 0 Å². The molecular formula is C12H15N3O3S. The van der Waals surface area contributed by atoms with Crippen LogP contribution in [-0.4, -0.2) is 31.9 Å². The third kappa shape index (κ3) is 3.11. The van der Waals surface area contributed by atoms with Crippen LogP contribution in [-0.2, 0) is 16.4 Å². The van der Waals surface area contributed by atoms with Crippen molar-refractivity contribution < 1.29 is 12.9 Å². The summed E-state index contributed by atoms with van der Waals surface area (Å²) in [6.45, 7) is 2.09. The Morgan fingerprint density at radius 3 is 2.58 bits per heavy atom. The molecule has 0 N–H and O–H groups in total. The molecule has 0 spiro atoms. The van der Waals surface area contributed by atoms with Crippen molar-refractivity contribution in [1.29, 1.82) is 0 Å². The van der Waals surface area contributed by atoms with Gasteiger partial charge in [-0.05, 0) is 12.1 Å². The Balaban J connectivity index is 2.31. The number of benzene rings is 1. The molecule has 0 unspecified atom stereocenters. The molecule has 7 heteroatoms. The van der Waals surface area contributed by atoms with Gasteiger partial charge in [-0.25, -0.2) is 8.42 Å². The normalized spacial score (nSPS) is 11.5. The predicted octanol–water partition coefficient (Wildman–Crippen LogP) is 1.42. The number of nitrogens with zero attached hydrogens (tertiary/aromatic N) is 3. The molecule has 0 bridgehead atoms. The molecule has 0 aliphatic carbocycles. The molecule has 102 valence electrons. The summed E-state index contributed by atoms with van der Waals surface area (Å²) in [6, 6.07) is 6.83. The van der Waals surface area contributed by atoms with E-state index in [1.165, 1.54) is 6.26 Å². The van der Waals surface area contributed by atoms with E-state index >= 15 is 0 Å². The van der Waals surface area contributed by atoms with E-state index in [2.05, 4.69) is 10.1 Å². The largest absolute Gasteiger partial charge is 0.366 e. The predicted molar refractivity (Wildman–Crippen MR) is 70.7 cm³/mol. The number of aromatic nitrogens is 2. The summed E-state index contributed by atoms with van der Waals surface area (Å²) >= 11 is 0. The second kappa shape index (κ2) is 5.00. The molecule has 0 aliphatic rings. The van der Waals surface area contributed by atoms with Crippen LogP contribution >= 0.6 is 0 Å². The Hall–Kier alpha value is -1.89. The van der Waals surface area contributed by atoms with Crippen LogP contribution in [0.25, 0.3) is 0 Å². The Kier molecular flexibility index (Phi) is 3.57. The summed E-state index contributed by atoms with van der Waals surface area (Å²) in [6.07, 6.45) is 1.19. The molecule has 0 amide bonds. The highest BCUT2D eigenvalue weighted by atomic mass is 32.2. The zero-order valence-electron chi connectivity index (χ0n) is 11.0. The summed E-state index contributed by atoms with van der Waals surface area (Å²) in [5, 5.41) is 3.80. The number of aryl methyl sites for hydroxylation is 1. The van der Waals surface area contributed by atoms with Crippen LogP contribution < -0.4 is 4.90 Å². The number of anilines is 1. The molecule has 0 aliphatic heterocycles. The zero-order valence-corrected chi connectivity index (χ0v) is 11.8. The quantitative estimate of drug-likeness (QED) is 0.843. The maximum absolute atomic E-state index is 11.7. The first-order valence-electron chi connectivity index (χ1n) is 5.67. The van der Waals surface area contributed by atoms with Gasteiger partial charge in [0, 0.05) is 20.2 Å². The van der Waals surface area contributed by atoms with Crippen LogP contribution in [0.5, 0.6) is 0 Å². The molecule has 1 heterocycles. The molecule has 1 aromatic carbocycles. The van der Waals surface area contributed by atoms with Gasteiger partial charge in [0.2, 0.25) is 5.89 Å². The Morgan fingerprint density at radius 2 is 2.00 bits per heavy atom. The fourth-order valence-corrected chi connectivity index (χ4v) is 2.72. The molecule has 0 atom stereocenters. The zero-order chi connectivity index (χ0) is 14.0. The molecule has 0 fully saturated rings. The summed E-state index contributed by atoms with van der Waals surface area (Å²) in [4.78, 5) is 6.17. The third-order valence-corrected chi connectivity index (χ3v) is 3.77. The highest BCUT2D eigenvalue weighted by molar-refractivity contribution is 7.90. The molecule has 6 nitrogen and oxygen atoms in total. The van der Waals surface area contributed by atoms with Crippen LogP contribution in [0.4, 0.5) is 5.69 Å². The van der Waals surface area contributed by atoms with Gasteiger partial charge in [0.1, 0.15) is 0 Å². The van der Waals surface area contributed by atoms with Crippen molar-refractivity contribution in [2.45, 2.75) is 18.4 Å². The first-order valence-corrected chi connectivity index (χ1v) is 7.56. The minimum absolute atomic E-state index is 0.290. The topological polar surface area (TPSA) is 76.3 Å². The van der Waals surface area contributed by atoms with Gasteiger partial charge in [-0.15, -0.1) is 0 Å². The maximum Gasteiger partial charge on any atom is 0.223 e. The van der Waals surface area contributed by atoms with Crippen LogP contribution in [0.1, 0.15) is 11.7 Å². The minimum atomic E-state index is -3.27. The van der Waals surface area contributed by atoms with Crippen LogP contribution in [0.3, 0.4) is 0 Å². The Bertz CT molecular complexity index is 679. The van der Waals surface area contributed by atoms with Crippen molar-refractivity contribution in [3.63, 3.8) is 0 Å².